The van der Waals surface area contributed by atoms with Crippen LogP contribution in [0.15, 0.2) is 48.8 Å². The molecule has 0 N–H and O–H groups in total. The zero-order valence-electron chi connectivity index (χ0n) is 12.5. The van der Waals surface area contributed by atoms with Crippen LogP contribution in [0.3, 0.4) is 0 Å². The van der Waals surface area contributed by atoms with Gasteiger partial charge in [0, 0.05) is 26.0 Å². The summed E-state index contributed by atoms with van der Waals surface area (Å²) in [5.41, 5.74) is 2.25. The van der Waals surface area contributed by atoms with E-state index >= 15 is 0 Å². The second-order valence-corrected chi connectivity index (χ2v) is 4.90. The number of ether oxygens (including phenoxy) is 1. The molecule has 1 heterocycles. The maximum Gasteiger partial charge on any atom is 0.260 e. The van der Waals surface area contributed by atoms with Crippen LogP contribution in [-0.2, 0) is 17.8 Å². The molecule has 21 heavy (non-hydrogen) atoms. The molecule has 0 aliphatic rings. The lowest BCUT2D eigenvalue weighted by Gasteiger charge is -2.17. The average molecular weight is 284 g/mol. The summed E-state index contributed by atoms with van der Waals surface area (Å²) in [6.07, 6.45) is 4.47. The van der Waals surface area contributed by atoms with E-state index in [-0.39, 0.29) is 12.5 Å². The van der Waals surface area contributed by atoms with Crippen molar-refractivity contribution in [1.29, 1.82) is 0 Å². The molecule has 1 aromatic carbocycles. The Morgan fingerprint density at radius 2 is 1.95 bits per heavy atom. The van der Waals surface area contributed by atoms with Crippen LogP contribution >= 0.6 is 0 Å². The van der Waals surface area contributed by atoms with E-state index in [0.717, 1.165) is 17.7 Å². The third-order valence-electron chi connectivity index (χ3n) is 3.26. The predicted molar refractivity (Wildman–Crippen MR) is 82.0 cm³/mol. The molecule has 2 aromatic rings. The van der Waals surface area contributed by atoms with Crippen molar-refractivity contribution in [1.82, 2.24) is 9.88 Å². The van der Waals surface area contributed by atoms with Gasteiger partial charge in [0.2, 0.25) is 0 Å². The monoisotopic (exact) mass is 284 g/mol. The molecule has 0 atom stereocenters. The van der Waals surface area contributed by atoms with Crippen LogP contribution in [0.2, 0.25) is 0 Å². The number of likely N-dealkylation sites (N-methyl/N-ethyl adjacent to an activating group) is 1. The Morgan fingerprint density at radius 3 is 2.57 bits per heavy atom. The summed E-state index contributed by atoms with van der Waals surface area (Å²) < 4.78 is 5.52. The lowest BCUT2D eigenvalue weighted by molar-refractivity contribution is -0.132. The van der Waals surface area contributed by atoms with Crippen molar-refractivity contribution in [3.8, 4) is 5.75 Å². The summed E-state index contributed by atoms with van der Waals surface area (Å²) in [6, 6.07) is 11.6. The van der Waals surface area contributed by atoms with Gasteiger partial charge in [0.1, 0.15) is 5.75 Å². The molecule has 1 aromatic heterocycles. The molecule has 0 aliphatic heterocycles. The van der Waals surface area contributed by atoms with Gasteiger partial charge in [0.15, 0.2) is 6.61 Å². The Bertz CT molecular complexity index is 567. The largest absolute Gasteiger partial charge is 0.484 e. The van der Waals surface area contributed by atoms with Gasteiger partial charge in [0.25, 0.3) is 5.91 Å². The normalized spacial score (nSPS) is 10.2. The standard InChI is InChI=1S/C17H20N2O2/c1-3-14-6-8-16(9-7-14)21-13-17(20)19(2)12-15-5-4-10-18-11-15/h4-11H,3,12-13H2,1-2H3. The minimum absolute atomic E-state index is 0.0439. The van der Waals surface area contributed by atoms with Crippen LogP contribution < -0.4 is 4.74 Å². The van der Waals surface area contributed by atoms with Crippen molar-refractivity contribution < 1.29 is 9.53 Å². The highest BCUT2D eigenvalue weighted by Gasteiger charge is 2.10. The number of amides is 1. The minimum Gasteiger partial charge on any atom is -0.484 e. The van der Waals surface area contributed by atoms with E-state index in [1.807, 2.05) is 36.4 Å². The van der Waals surface area contributed by atoms with E-state index < -0.39 is 0 Å². The highest BCUT2D eigenvalue weighted by atomic mass is 16.5. The zero-order chi connectivity index (χ0) is 15.1. The van der Waals surface area contributed by atoms with Gasteiger partial charge >= 0.3 is 0 Å². The van der Waals surface area contributed by atoms with E-state index in [0.29, 0.717) is 6.54 Å². The predicted octanol–water partition coefficient (Wildman–Crippen LogP) is 2.68. The molecule has 4 heteroatoms. The Balaban J connectivity index is 1.83. The van der Waals surface area contributed by atoms with Crippen molar-refractivity contribution >= 4 is 5.91 Å². The first-order valence-electron chi connectivity index (χ1n) is 7.03. The van der Waals surface area contributed by atoms with Crippen LogP contribution in [0.4, 0.5) is 0 Å². The van der Waals surface area contributed by atoms with Crippen molar-refractivity contribution in [2.75, 3.05) is 13.7 Å². The quantitative estimate of drug-likeness (QED) is 0.819. The number of aryl methyl sites for hydroxylation is 1. The van der Waals surface area contributed by atoms with Crippen LogP contribution in [0.25, 0.3) is 0 Å². The topological polar surface area (TPSA) is 42.4 Å². The second kappa shape index (κ2) is 7.43. The van der Waals surface area contributed by atoms with Crippen molar-refractivity contribution in [2.24, 2.45) is 0 Å². The number of rotatable bonds is 6. The van der Waals surface area contributed by atoms with Crippen molar-refractivity contribution in [3.63, 3.8) is 0 Å². The van der Waals surface area contributed by atoms with E-state index in [9.17, 15) is 4.79 Å². The molecule has 0 bridgehead atoms. The maximum atomic E-state index is 12.0. The summed E-state index contributed by atoms with van der Waals surface area (Å²) in [6.45, 7) is 2.68. The molecule has 2 rings (SSSR count). The lowest BCUT2D eigenvalue weighted by Crippen LogP contribution is -2.30. The molecule has 0 fully saturated rings. The third-order valence-corrected chi connectivity index (χ3v) is 3.26. The number of nitrogens with zero attached hydrogens (tertiary/aromatic N) is 2. The van der Waals surface area contributed by atoms with Crippen LogP contribution in [0.5, 0.6) is 5.75 Å². The number of aromatic nitrogens is 1. The van der Waals surface area contributed by atoms with Crippen LogP contribution in [0.1, 0.15) is 18.1 Å². The summed E-state index contributed by atoms with van der Waals surface area (Å²) in [7, 11) is 1.76. The van der Waals surface area contributed by atoms with Gasteiger partial charge in [-0.2, -0.15) is 0 Å². The number of carbonyl (C=O) groups is 1. The van der Waals surface area contributed by atoms with Gasteiger partial charge in [-0.25, -0.2) is 0 Å². The first-order chi connectivity index (χ1) is 10.2. The molecule has 0 saturated heterocycles. The molecule has 1 amide bonds. The highest BCUT2D eigenvalue weighted by Crippen LogP contribution is 2.12. The first kappa shape index (κ1) is 15.0. The van der Waals surface area contributed by atoms with Gasteiger partial charge in [-0.05, 0) is 35.7 Å². The van der Waals surface area contributed by atoms with Crippen molar-refractivity contribution in [2.45, 2.75) is 19.9 Å². The number of hydrogen-bond acceptors (Lipinski definition) is 3. The van der Waals surface area contributed by atoms with Crippen molar-refractivity contribution in [3.05, 3.63) is 59.9 Å². The van der Waals surface area contributed by atoms with E-state index in [1.54, 1.807) is 24.3 Å². The molecular weight excluding hydrogens is 264 g/mol. The molecule has 0 spiro atoms. The third kappa shape index (κ3) is 4.60. The van der Waals surface area contributed by atoms with E-state index in [4.69, 9.17) is 4.74 Å². The fourth-order valence-electron chi connectivity index (χ4n) is 1.93. The summed E-state index contributed by atoms with van der Waals surface area (Å²) >= 11 is 0. The molecule has 110 valence electrons. The molecule has 0 saturated carbocycles. The minimum atomic E-state index is -0.0570. The Hall–Kier alpha value is -2.36. The fraction of sp³-hybridized carbons (Fsp3) is 0.294. The molecular formula is C17H20N2O2. The Labute approximate surface area is 125 Å². The molecule has 0 unspecified atom stereocenters. The molecule has 4 nitrogen and oxygen atoms in total. The molecule has 0 aliphatic carbocycles. The van der Waals surface area contributed by atoms with E-state index in [2.05, 4.69) is 11.9 Å². The Kier molecular flexibility index (Phi) is 5.32. The SMILES string of the molecule is CCc1ccc(OCC(=O)N(C)Cc2cccnc2)cc1. The highest BCUT2D eigenvalue weighted by molar-refractivity contribution is 5.77. The molecule has 0 radical (unpaired) electrons. The summed E-state index contributed by atoms with van der Waals surface area (Å²) in [5.74, 6) is 0.661. The Morgan fingerprint density at radius 1 is 1.19 bits per heavy atom. The number of benzene rings is 1. The van der Waals surface area contributed by atoms with Crippen LogP contribution in [0, 0.1) is 0 Å². The number of carbonyl (C=O) groups excluding carboxylic acids is 1. The van der Waals surface area contributed by atoms with Gasteiger partial charge < -0.3 is 9.64 Å². The van der Waals surface area contributed by atoms with Gasteiger partial charge in [-0.3, -0.25) is 9.78 Å². The van der Waals surface area contributed by atoms with Gasteiger partial charge in [-0.1, -0.05) is 25.1 Å². The number of pyridine rings is 1. The van der Waals surface area contributed by atoms with E-state index in [1.165, 1.54) is 5.56 Å². The van der Waals surface area contributed by atoms with Gasteiger partial charge in [-0.15, -0.1) is 0 Å². The first-order valence-corrected chi connectivity index (χ1v) is 7.03. The zero-order valence-corrected chi connectivity index (χ0v) is 12.5. The van der Waals surface area contributed by atoms with Crippen LogP contribution in [-0.4, -0.2) is 29.4 Å². The average Bonchev–Trinajstić information content (AvgIpc) is 2.54. The summed E-state index contributed by atoms with van der Waals surface area (Å²) in [4.78, 5) is 17.7. The lowest BCUT2D eigenvalue weighted by atomic mass is 10.2. The van der Waals surface area contributed by atoms with Gasteiger partial charge in [0.05, 0.1) is 0 Å². The fourth-order valence-corrected chi connectivity index (χ4v) is 1.93. The smallest absolute Gasteiger partial charge is 0.260 e. The summed E-state index contributed by atoms with van der Waals surface area (Å²) in [5, 5.41) is 0. The second-order valence-electron chi connectivity index (χ2n) is 4.90. The maximum absolute atomic E-state index is 12.0. The number of hydrogen-bond donors (Lipinski definition) is 0.